The van der Waals surface area contributed by atoms with Crippen LogP contribution >= 0.6 is 11.6 Å². The molecule has 0 bridgehead atoms. The molecule has 0 aliphatic heterocycles. The largest absolute Gasteiger partial charge is 0.384 e. The summed E-state index contributed by atoms with van der Waals surface area (Å²) in [5, 5.41) is 17.9. The van der Waals surface area contributed by atoms with E-state index in [9.17, 15) is 9.50 Å². The van der Waals surface area contributed by atoms with Crippen LogP contribution in [0.3, 0.4) is 0 Å². The third kappa shape index (κ3) is 3.56. The van der Waals surface area contributed by atoms with Crippen molar-refractivity contribution in [1.82, 2.24) is 15.1 Å². The highest BCUT2D eigenvalue weighted by Crippen LogP contribution is 2.20. The molecule has 108 valence electrons. The van der Waals surface area contributed by atoms with Crippen LogP contribution in [0.4, 0.5) is 4.39 Å². The topological polar surface area (TPSA) is 50.1 Å². The molecule has 0 fully saturated rings. The van der Waals surface area contributed by atoms with Gasteiger partial charge >= 0.3 is 0 Å². The molecule has 1 heterocycles. The predicted molar refractivity (Wildman–Crippen MR) is 75.9 cm³/mol. The summed E-state index contributed by atoms with van der Waals surface area (Å²) in [6.07, 6.45) is 3.40. The minimum Gasteiger partial charge on any atom is -0.384 e. The van der Waals surface area contributed by atoms with Gasteiger partial charge in [0.25, 0.3) is 0 Å². The minimum atomic E-state index is -1.03. The fourth-order valence-electron chi connectivity index (χ4n) is 1.91. The Morgan fingerprint density at radius 1 is 1.50 bits per heavy atom. The molecular weight excluding hydrogens is 281 g/mol. The Kier molecular flexibility index (Phi) is 4.42. The quantitative estimate of drug-likeness (QED) is 0.889. The summed E-state index contributed by atoms with van der Waals surface area (Å²) in [5.74, 6) is -0.360. The zero-order valence-electron chi connectivity index (χ0n) is 11.4. The van der Waals surface area contributed by atoms with E-state index in [0.717, 1.165) is 11.1 Å². The number of nitrogens with one attached hydrogen (secondary N) is 1. The number of halogens is 2. The summed E-state index contributed by atoms with van der Waals surface area (Å²) in [7, 11) is 1.80. The van der Waals surface area contributed by atoms with Crippen molar-refractivity contribution in [1.29, 1.82) is 0 Å². The highest BCUT2D eigenvalue weighted by atomic mass is 35.5. The van der Waals surface area contributed by atoms with Gasteiger partial charge in [0.15, 0.2) is 0 Å². The van der Waals surface area contributed by atoms with Crippen molar-refractivity contribution in [3.63, 3.8) is 0 Å². The number of aromatic nitrogens is 2. The second-order valence-corrected chi connectivity index (χ2v) is 5.42. The standard InChI is InChI=1S/C14H17ClFN3O/c1-14(20,11-7-18-19(2)8-11)9-17-6-10-3-4-12(16)5-13(10)15/h3-5,7-8,17,20H,6,9H2,1-2H3. The molecule has 0 aliphatic rings. The maximum atomic E-state index is 12.9. The second-order valence-electron chi connectivity index (χ2n) is 5.02. The minimum absolute atomic E-state index is 0.340. The predicted octanol–water partition coefficient (Wildman–Crippen LogP) is 2.21. The Morgan fingerprint density at radius 2 is 2.25 bits per heavy atom. The van der Waals surface area contributed by atoms with Gasteiger partial charge < -0.3 is 10.4 Å². The molecule has 1 aromatic carbocycles. The lowest BCUT2D eigenvalue weighted by Crippen LogP contribution is -2.34. The molecule has 0 amide bonds. The van der Waals surface area contributed by atoms with Gasteiger partial charge in [-0.3, -0.25) is 4.68 Å². The Balaban J connectivity index is 1.95. The van der Waals surface area contributed by atoms with Crippen LogP contribution < -0.4 is 5.32 Å². The Hall–Kier alpha value is -1.43. The first-order chi connectivity index (χ1) is 9.38. The van der Waals surface area contributed by atoms with E-state index in [4.69, 9.17) is 11.6 Å². The Morgan fingerprint density at radius 3 is 2.85 bits per heavy atom. The molecule has 4 nitrogen and oxygen atoms in total. The lowest BCUT2D eigenvalue weighted by Gasteiger charge is -2.22. The SMILES string of the molecule is Cn1cc(C(C)(O)CNCc2ccc(F)cc2Cl)cn1. The van der Waals surface area contributed by atoms with Crippen molar-refractivity contribution >= 4 is 11.6 Å². The van der Waals surface area contributed by atoms with Crippen LogP contribution in [0.25, 0.3) is 0 Å². The highest BCUT2D eigenvalue weighted by Gasteiger charge is 2.24. The lowest BCUT2D eigenvalue weighted by atomic mass is 9.99. The molecule has 1 aromatic heterocycles. The van der Waals surface area contributed by atoms with E-state index in [1.807, 2.05) is 0 Å². The van der Waals surface area contributed by atoms with E-state index in [0.29, 0.717) is 18.1 Å². The van der Waals surface area contributed by atoms with E-state index in [2.05, 4.69) is 10.4 Å². The van der Waals surface area contributed by atoms with Gasteiger partial charge in [0, 0.05) is 36.9 Å². The molecule has 1 atom stereocenters. The highest BCUT2D eigenvalue weighted by molar-refractivity contribution is 6.31. The van der Waals surface area contributed by atoms with Gasteiger partial charge in [-0.05, 0) is 24.6 Å². The molecule has 0 spiro atoms. The van der Waals surface area contributed by atoms with Crippen molar-refractivity contribution in [2.75, 3.05) is 6.54 Å². The molecule has 2 aromatic rings. The molecule has 0 radical (unpaired) electrons. The summed E-state index contributed by atoms with van der Waals surface area (Å²) in [6, 6.07) is 4.27. The first-order valence-electron chi connectivity index (χ1n) is 6.24. The van der Waals surface area contributed by atoms with Crippen LogP contribution in [-0.2, 0) is 19.2 Å². The van der Waals surface area contributed by atoms with Crippen LogP contribution in [0.15, 0.2) is 30.6 Å². The van der Waals surface area contributed by atoms with Gasteiger partial charge in [0.1, 0.15) is 11.4 Å². The van der Waals surface area contributed by atoms with Crippen LogP contribution in [0.1, 0.15) is 18.1 Å². The van der Waals surface area contributed by atoms with E-state index >= 15 is 0 Å². The molecule has 1 unspecified atom stereocenters. The van der Waals surface area contributed by atoms with Crippen molar-refractivity contribution in [3.05, 3.63) is 52.6 Å². The van der Waals surface area contributed by atoms with Gasteiger partial charge in [-0.25, -0.2) is 4.39 Å². The maximum Gasteiger partial charge on any atom is 0.124 e. The normalized spacial score (nSPS) is 14.2. The van der Waals surface area contributed by atoms with Gasteiger partial charge in [-0.1, -0.05) is 17.7 Å². The van der Waals surface area contributed by atoms with Crippen LogP contribution in [0.2, 0.25) is 5.02 Å². The molecule has 2 N–H and O–H groups in total. The summed E-state index contributed by atoms with van der Waals surface area (Å²) >= 11 is 5.94. The number of rotatable bonds is 5. The third-order valence-corrected chi connectivity index (χ3v) is 3.48. The summed E-state index contributed by atoms with van der Waals surface area (Å²) in [4.78, 5) is 0. The van der Waals surface area contributed by atoms with E-state index in [1.54, 1.807) is 37.1 Å². The maximum absolute atomic E-state index is 12.9. The smallest absolute Gasteiger partial charge is 0.124 e. The Bertz CT molecular complexity index is 598. The monoisotopic (exact) mass is 297 g/mol. The van der Waals surface area contributed by atoms with Gasteiger partial charge in [-0.2, -0.15) is 5.10 Å². The molecule has 6 heteroatoms. The average molecular weight is 298 g/mol. The summed E-state index contributed by atoms with van der Waals surface area (Å²) in [5.41, 5.74) is 0.494. The molecule has 0 aliphatic carbocycles. The zero-order valence-corrected chi connectivity index (χ0v) is 12.2. The van der Waals surface area contributed by atoms with Crippen molar-refractivity contribution in [2.45, 2.75) is 19.1 Å². The van der Waals surface area contributed by atoms with Crippen molar-refractivity contribution < 1.29 is 9.50 Å². The molecule has 0 saturated carbocycles. The van der Waals surface area contributed by atoms with Gasteiger partial charge in [-0.15, -0.1) is 0 Å². The average Bonchev–Trinajstić information content (AvgIpc) is 2.79. The number of aliphatic hydroxyl groups is 1. The first kappa shape index (κ1) is 15.0. The van der Waals surface area contributed by atoms with Gasteiger partial charge in [0.05, 0.1) is 6.20 Å². The van der Waals surface area contributed by atoms with Crippen LogP contribution in [0, 0.1) is 5.82 Å². The lowest BCUT2D eigenvalue weighted by molar-refractivity contribution is 0.0566. The number of hydrogen-bond acceptors (Lipinski definition) is 3. The Labute approximate surface area is 122 Å². The molecule has 20 heavy (non-hydrogen) atoms. The molecular formula is C14H17ClFN3O. The third-order valence-electron chi connectivity index (χ3n) is 3.13. The van der Waals surface area contributed by atoms with Crippen molar-refractivity contribution in [3.8, 4) is 0 Å². The van der Waals surface area contributed by atoms with E-state index in [1.165, 1.54) is 12.1 Å². The number of nitrogens with zero attached hydrogens (tertiary/aromatic N) is 2. The van der Waals surface area contributed by atoms with Gasteiger partial charge in [0.2, 0.25) is 0 Å². The van der Waals surface area contributed by atoms with Crippen molar-refractivity contribution in [2.24, 2.45) is 7.05 Å². The fourth-order valence-corrected chi connectivity index (χ4v) is 2.14. The van der Waals surface area contributed by atoms with Crippen LogP contribution in [0.5, 0.6) is 0 Å². The number of aryl methyl sites for hydroxylation is 1. The van der Waals surface area contributed by atoms with E-state index < -0.39 is 5.60 Å². The number of hydrogen-bond donors (Lipinski definition) is 2. The molecule has 2 rings (SSSR count). The zero-order chi connectivity index (χ0) is 14.8. The molecule has 0 saturated heterocycles. The summed E-state index contributed by atoms with van der Waals surface area (Å²) in [6.45, 7) is 2.51. The summed E-state index contributed by atoms with van der Waals surface area (Å²) < 4.78 is 14.6. The second kappa shape index (κ2) is 5.91. The van der Waals surface area contributed by atoms with E-state index in [-0.39, 0.29) is 5.82 Å². The fraction of sp³-hybridized carbons (Fsp3) is 0.357. The number of benzene rings is 1. The van der Waals surface area contributed by atoms with Crippen LogP contribution in [-0.4, -0.2) is 21.4 Å². The first-order valence-corrected chi connectivity index (χ1v) is 6.62.